The Labute approximate surface area is 127 Å². The van der Waals surface area contributed by atoms with Crippen LogP contribution in [0.5, 0.6) is 0 Å². The summed E-state index contributed by atoms with van der Waals surface area (Å²) >= 11 is 8.06. The normalized spacial score (nSPS) is 12.9. The van der Waals surface area contributed by atoms with E-state index in [2.05, 4.69) is 38.2 Å². The second kappa shape index (κ2) is 9.68. The number of thioether (sulfide) groups is 1. The first-order valence-corrected chi connectivity index (χ1v) is 8.60. The van der Waals surface area contributed by atoms with E-state index in [1.165, 1.54) is 24.2 Å². The highest BCUT2D eigenvalue weighted by molar-refractivity contribution is 7.99. The van der Waals surface area contributed by atoms with Gasteiger partial charge in [0.15, 0.2) is 0 Å². The summed E-state index contributed by atoms with van der Waals surface area (Å²) in [7, 11) is 0. The van der Waals surface area contributed by atoms with Crippen molar-refractivity contribution in [3.63, 3.8) is 0 Å². The van der Waals surface area contributed by atoms with E-state index in [1.807, 2.05) is 23.9 Å². The molecule has 0 aromatic heterocycles. The quantitative estimate of drug-likeness (QED) is 0.626. The Hall–Kier alpha value is -0.180. The van der Waals surface area contributed by atoms with Crippen molar-refractivity contribution < 1.29 is 0 Å². The maximum Gasteiger partial charge on any atom is 0.0541 e. The lowest BCUT2D eigenvalue weighted by Crippen LogP contribution is -2.32. The van der Waals surface area contributed by atoms with Crippen molar-refractivity contribution in [2.45, 2.75) is 51.0 Å². The topological polar surface area (TPSA) is 12.0 Å². The molecule has 1 rings (SSSR count). The van der Waals surface area contributed by atoms with Gasteiger partial charge in [0.1, 0.15) is 0 Å². The molecule has 1 N–H and O–H groups in total. The van der Waals surface area contributed by atoms with Gasteiger partial charge in [-0.15, -0.1) is 11.8 Å². The smallest absolute Gasteiger partial charge is 0.0541 e. The molecule has 108 valence electrons. The Morgan fingerprint density at radius 1 is 1.21 bits per heavy atom. The van der Waals surface area contributed by atoms with Crippen molar-refractivity contribution in [2.24, 2.45) is 5.92 Å². The predicted molar refractivity (Wildman–Crippen MR) is 88.3 cm³/mol. The molecular formula is C16H26ClNS. The molecule has 0 bridgehead atoms. The summed E-state index contributed by atoms with van der Waals surface area (Å²) in [6.07, 6.45) is 3.72. The molecule has 0 aliphatic heterocycles. The highest BCUT2D eigenvalue weighted by atomic mass is 35.5. The lowest BCUT2D eigenvalue weighted by atomic mass is 10.0. The van der Waals surface area contributed by atoms with Gasteiger partial charge in [-0.2, -0.15) is 0 Å². The highest BCUT2D eigenvalue weighted by Gasteiger charge is 2.10. The van der Waals surface area contributed by atoms with Crippen molar-refractivity contribution >= 4 is 23.4 Å². The molecule has 1 unspecified atom stereocenters. The van der Waals surface area contributed by atoms with Gasteiger partial charge < -0.3 is 5.32 Å². The van der Waals surface area contributed by atoms with Crippen LogP contribution in [0.15, 0.2) is 29.2 Å². The molecule has 0 amide bonds. The van der Waals surface area contributed by atoms with Crippen LogP contribution >= 0.6 is 23.4 Å². The van der Waals surface area contributed by atoms with Gasteiger partial charge in [0.2, 0.25) is 0 Å². The first-order chi connectivity index (χ1) is 9.13. The van der Waals surface area contributed by atoms with E-state index in [0.29, 0.717) is 6.04 Å². The minimum Gasteiger partial charge on any atom is -0.313 e. The van der Waals surface area contributed by atoms with Gasteiger partial charge in [-0.3, -0.25) is 0 Å². The third kappa shape index (κ3) is 7.24. The van der Waals surface area contributed by atoms with Crippen LogP contribution in [0.1, 0.15) is 40.0 Å². The maximum atomic E-state index is 6.20. The van der Waals surface area contributed by atoms with Crippen LogP contribution in [0.3, 0.4) is 0 Å². The Morgan fingerprint density at radius 3 is 2.58 bits per heavy atom. The summed E-state index contributed by atoms with van der Waals surface area (Å²) in [6.45, 7) is 7.90. The van der Waals surface area contributed by atoms with Crippen molar-refractivity contribution in [2.75, 3.05) is 12.3 Å². The summed E-state index contributed by atoms with van der Waals surface area (Å²) in [6, 6.07) is 8.69. The number of nitrogens with one attached hydrogen (secondary N) is 1. The fourth-order valence-electron chi connectivity index (χ4n) is 1.88. The lowest BCUT2D eigenvalue weighted by molar-refractivity contribution is 0.456. The highest BCUT2D eigenvalue weighted by Crippen LogP contribution is 2.27. The molecule has 0 saturated carbocycles. The molecule has 0 spiro atoms. The molecule has 0 heterocycles. The Morgan fingerprint density at radius 2 is 1.95 bits per heavy atom. The molecule has 1 atom stereocenters. The fraction of sp³-hybridized carbons (Fsp3) is 0.625. The standard InChI is InChI=1S/C16H26ClNS/c1-4-11-18-14(10-9-13(2)3)12-19-16-8-6-5-7-15(16)17/h5-8,13-14,18H,4,9-12H2,1-3H3. The van der Waals surface area contributed by atoms with Crippen LogP contribution in [-0.4, -0.2) is 18.3 Å². The van der Waals surface area contributed by atoms with Crippen LogP contribution in [0.25, 0.3) is 0 Å². The SMILES string of the molecule is CCCNC(CCC(C)C)CSc1ccccc1Cl. The number of halogens is 1. The van der Waals surface area contributed by atoms with E-state index >= 15 is 0 Å². The Balaban J connectivity index is 2.45. The summed E-state index contributed by atoms with van der Waals surface area (Å²) in [4.78, 5) is 1.19. The minimum atomic E-state index is 0.587. The molecule has 1 aromatic rings. The van der Waals surface area contributed by atoms with E-state index in [0.717, 1.165) is 23.2 Å². The second-order valence-corrected chi connectivity index (χ2v) is 6.83. The van der Waals surface area contributed by atoms with Gasteiger partial charge in [-0.05, 0) is 43.9 Å². The number of benzene rings is 1. The average molecular weight is 300 g/mol. The molecule has 3 heteroatoms. The van der Waals surface area contributed by atoms with E-state index in [9.17, 15) is 0 Å². The molecule has 0 fully saturated rings. The van der Waals surface area contributed by atoms with E-state index in [-0.39, 0.29) is 0 Å². The van der Waals surface area contributed by atoms with E-state index in [4.69, 9.17) is 11.6 Å². The van der Waals surface area contributed by atoms with Crippen LogP contribution in [0, 0.1) is 5.92 Å². The Bertz CT molecular complexity index is 354. The van der Waals surface area contributed by atoms with Crippen molar-refractivity contribution in [3.05, 3.63) is 29.3 Å². The number of hydrogen-bond acceptors (Lipinski definition) is 2. The molecule has 0 radical (unpaired) electrons. The van der Waals surface area contributed by atoms with Crippen LogP contribution < -0.4 is 5.32 Å². The lowest BCUT2D eigenvalue weighted by Gasteiger charge is -2.19. The van der Waals surface area contributed by atoms with Crippen molar-refractivity contribution in [1.29, 1.82) is 0 Å². The zero-order valence-corrected chi connectivity index (χ0v) is 13.9. The maximum absolute atomic E-state index is 6.20. The molecule has 0 saturated heterocycles. The third-order valence-electron chi connectivity index (χ3n) is 3.05. The second-order valence-electron chi connectivity index (χ2n) is 5.36. The first-order valence-electron chi connectivity index (χ1n) is 7.24. The van der Waals surface area contributed by atoms with Gasteiger partial charge in [-0.1, -0.05) is 44.5 Å². The monoisotopic (exact) mass is 299 g/mol. The van der Waals surface area contributed by atoms with E-state index < -0.39 is 0 Å². The third-order valence-corrected chi connectivity index (χ3v) is 4.73. The van der Waals surface area contributed by atoms with Gasteiger partial charge >= 0.3 is 0 Å². The van der Waals surface area contributed by atoms with Gasteiger partial charge in [0, 0.05) is 16.7 Å². The summed E-state index contributed by atoms with van der Waals surface area (Å²) in [5.41, 5.74) is 0. The van der Waals surface area contributed by atoms with E-state index in [1.54, 1.807) is 0 Å². The zero-order valence-electron chi connectivity index (χ0n) is 12.3. The summed E-state index contributed by atoms with van der Waals surface area (Å²) < 4.78 is 0. The van der Waals surface area contributed by atoms with Crippen LogP contribution in [-0.2, 0) is 0 Å². The molecule has 0 aliphatic carbocycles. The summed E-state index contributed by atoms with van der Waals surface area (Å²) in [5, 5.41) is 4.52. The van der Waals surface area contributed by atoms with Crippen LogP contribution in [0.2, 0.25) is 5.02 Å². The van der Waals surface area contributed by atoms with Gasteiger partial charge in [-0.25, -0.2) is 0 Å². The first kappa shape index (κ1) is 16.9. The van der Waals surface area contributed by atoms with Gasteiger partial charge in [0.05, 0.1) is 5.02 Å². The van der Waals surface area contributed by atoms with Crippen molar-refractivity contribution in [1.82, 2.24) is 5.32 Å². The predicted octanol–water partition coefficient (Wildman–Crippen LogP) is 5.24. The molecule has 1 nitrogen and oxygen atoms in total. The van der Waals surface area contributed by atoms with Crippen molar-refractivity contribution in [3.8, 4) is 0 Å². The summed E-state index contributed by atoms with van der Waals surface area (Å²) in [5.74, 6) is 1.87. The molecular weight excluding hydrogens is 274 g/mol. The molecule has 1 aromatic carbocycles. The average Bonchev–Trinajstić information content (AvgIpc) is 2.39. The number of rotatable bonds is 9. The largest absolute Gasteiger partial charge is 0.313 e. The minimum absolute atomic E-state index is 0.587. The number of hydrogen-bond donors (Lipinski definition) is 1. The molecule has 19 heavy (non-hydrogen) atoms. The molecule has 0 aliphatic rings. The Kier molecular flexibility index (Phi) is 8.60. The zero-order chi connectivity index (χ0) is 14.1. The van der Waals surface area contributed by atoms with Crippen LogP contribution in [0.4, 0.5) is 0 Å². The van der Waals surface area contributed by atoms with Gasteiger partial charge in [0.25, 0.3) is 0 Å². The fourth-order valence-corrected chi connectivity index (χ4v) is 3.22.